The Morgan fingerprint density at radius 1 is 1.55 bits per heavy atom. The van der Waals surface area contributed by atoms with Crippen LogP contribution < -0.4 is 5.32 Å². The fraction of sp³-hybridized carbons (Fsp3) is 0.667. The van der Waals surface area contributed by atoms with E-state index >= 15 is 0 Å². The predicted molar refractivity (Wildman–Crippen MR) is 46.2 cm³/mol. The second-order valence-electron chi connectivity index (χ2n) is 3.48. The van der Waals surface area contributed by atoms with E-state index in [4.69, 9.17) is 6.42 Å². The molecule has 0 atom stereocenters. The molecule has 0 amide bonds. The lowest BCUT2D eigenvalue weighted by Crippen LogP contribution is -2.32. The summed E-state index contributed by atoms with van der Waals surface area (Å²) in [6.45, 7) is 6.52. The first-order valence-corrected chi connectivity index (χ1v) is 3.66. The first-order chi connectivity index (χ1) is 4.98. The van der Waals surface area contributed by atoms with Gasteiger partial charge in [0.05, 0.1) is 13.1 Å². The number of carbonyl (C=O) groups is 1. The number of terminal acetylenes is 1. The van der Waals surface area contributed by atoms with Gasteiger partial charge < -0.3 is 0 Å². The monoisotopic (exact) mass is 153 g/mol. The summed E-state index contributed by atoms with van der Waals surface area (Å²) < 4.78 is 0. The molecule has 0 aromatic rings. The van der Waals surface area contributed by atoms with E-state index in [1.807, 2.05) is 20.8 Å². The maximum absolute atomic E-state index is 11.2. The molecular formula is C9H15NO. The molecule has 0 saturated heterocycles. The molecule has 0 rings (SSSR count). The van der Waals surface area contributed by atoms with Crippen molar-refractivity contribution >= 4 is 5.78 Å². The summed E-state index contributed by atoms with van der Waals surface area (Å²) in [5.41, 5.74) is -0.262. The third-order valence-corrected chi connectivity index (χ3v) is 1.35. The minimum atomic E-state index is -0.262. The molecule has 0 aliphatic rings. The average Bonchev–Trinajstić information content (AvgIpc) is 1.86. The molecule has 0 aromatic heterocycles. The normalized spacial score (nSPS) is 10.7. The predicted octanol–water partition coefficient (Wildman–Crippen LogP) is 0.824. The maximum Gasteiger partial charge on any atom is 0.151 e. The Balaban J connectivity index is 3.64. The van der Waals surface area contributed by atoms with E-state index < -0.39 is 0 Å². The fourth-order valence-electron chi connectivity index (χ4n) is 0.513. The second-order valence-corrected chi connectivity index (χ2v) is 3.48. The molecule has 0 fully saturated rings. The molecule has 0 aliphatic heterocycles. The van der Waals surface area contributed by atoms with Gasteiger partial charge in [-0.2, -0.15) is 0 Å². The molecule has 0 bridgehead atoms. The Morgan fingerprint density at radius 3 is 2.45 bits per heavy atom. The third-order valence-electron chi connectivity index (χ3n) is 1.35. The van der Waals surface area contributed by atoms with Crippen molar-refractivity contribution in [3.63, 3.8) is 0 Å². The summed E-state index contributed by atoms with van der Waals surface area (Å²) in [5.74, 6) is 2.60. The van der Waals surface area contributed by atoms with Gasteiger partial charge in [0.1, 0.15) is 0 Å². The quantitative estimate of drug-likeness (QED) is 0.480. The Hall–Kier alpha value is -0.810. The van der Waals surface area contributed by atoms with Crippen LogP contribution in [0.3, 0.4) is 0 Å². The minimum absolute atomic E-state index is 0.188. The van der Waals surface area contributed by atoms with Gasteiger partial charge in [-0.3, -0.25) is 10.1 Å². The summed E-state index contributed by atoms with van der Waals surface area (Å²) >= 11 is 0. The van der Waals surface area contributed by atoms with Gasteiger partial charge in [0.15, 0.2) is 5.78 Å². The highest BCUT2D eigenvalue weighted by Gasteiger charge is 2.19. The molecule has 0 spiro atoms. The highest BCUT2D eigenvalue weighted by Crippen LogP contribution is 2.13. The number of ketones is 1. The standard InChI is InChI=1S/C9H15NO/c1-5-6-10-7-8(11)9(2,3)4/h1,10H,6-7H2,2-4H3. The van der Waals surface area contributed by atoms with E-state index in [2.05, 4.69) is 11.2 Å². The largest absolute Gasteiger partial charge is 0.299 e. The highest BCUT2D eigenvalue weighted by atomic mass is 16.1. The molecule has 2 nitrogen and oxygen atoms in total. The van der Waals surface area contributed by atoms with Crippen LogP contribution in [0.1, 0.15) is 20.8 Å². The second kappa shape index (κ2) is 4.15. The Bertz CT molecular complexity index is 171. The van der Waals surface area contributed by atoms with E-state index in [-0.39, 0.29) is 11.2 Å². The van der Waals surface area contributed by atoms with E-state index in [1.165, 1.54) is 0 Å². The fourth-order valence-corrected chi connectivity index (χ4v) is 0.513. The van der Waals surface area contributed by atoms with Crippen molar-refractivity contribution in [2.75, 3.05) is 13.1 Å². The lowest BCUT2D eigenvalue weighted by Gasteiger charge is -2.15. The van der Waals surface area contributed by atoms with Gasteiger partial charge >= 0.3 is 0 Å². The lowest BCUT2D eigenvalue weighted by atomic mass is 9.91. The molecule has 0 radical (unpaired) electrons. The van der Waals surface area contributed by atoms with E-state index in [0.29, 0.717) is 13.1 Å². The third kappa shape index (κ3) is 4.58. The van der Waals surface area contributed by atoms with Gasteiger partial charge in [0.2, 0.25) is 0 Å². The van der Waals surface area contributed by atoms with Crippen LogP contribution in [-0.4, -0.2) is 18.9 Å². The van der Waals surface area contributed by atoms with Crippen LogP contribution in [0.25, 0.3) is 0 Å². The molecule has 0 aromatic carbocycles. The molecule has 2 heteroatoms. The first kappa shape index (κ1) is 10.2. The van der Waals surface area contributed by atoms with Gasteiger partial charge in [-0.1, -0.05) is 26.7 Å². The molecule has 0 heterocycles. The summed E-state index contributed by atoms with van der Waals surface area (Å²) in [4.78, 5) is 11.2. The zero-order valence-electron chi connectivity index (χ0n) is 7.40. The van der Waals surface area contributed by atoms with Crippen LogP contribution in [0.5, 0.6) is 0 Å². The number of Topliss-reactive ketones (excluding diaryl/α,β-unsaturated/α-hetero) is 1. The van der Waals surface area contributed by atoms with Crippen molar-refractivity contribution in [1.29, 1.82) is 0 Å². The van der Waals surface area contributed by atoms with Gasteiger partial charge in [-0.05, 0) is 0 Å². The molecule has 0 aliphatic carbocycles. The van der Waals surface area contributed by atoms with Gasteiger partial charge in [-0.15, -0.1) is 6.42 Å². The Kier molecular flexibility index (Phi) is 3.84. The molecule has 1 N–H and O–H groups in total. The van der Waals surface area contributed by atoms with Crippen molar-refractivity contribution in [3.8, 4) is 12.3 Å². The number of rotatable bonds is 3. The maximum atomic E-state index is 11.2. The van der Waals surface area contributed by atoms with Crippen molar-refractivity contribution in [2.45, 2.75) is 20.8 Å². The van der Waals surface area contributed by atoms with Crippen LogP contribution in [0.2, 0.25) is 0 Å². The van der Waals surface area contributed by atoms with E-state index in [9.17, 15) is 4.79 Å². The zero-order valence-corrected chi connectivity index (χ0v) is 7.40. The summed E-state index contributed by atoms with van der Waals surface area (Å²) in [7, 11) is 0. The van der Waals surface area contributed by atoms with Crippen LogP contribution in [0, 0.1) is 17.8 Å². The van der Waals surface area contributed by atoms with Gasteiger partial charge in [0, 0.05) is 5.41 Å². The summed E-state index contributed by atoms with van der Waals surface area (Å²) in [6, 6.07) is 0. The molecular weight excluding hydrogens is 138 g/mol. The number of hydrogen-bond donors (Lipinski definition) is 1. The molecule has 0 unspecified atom stereocenters. The SMILES string of the molecule is C#CCNCC(=O)C(C)(C)C. The van der Waals surface area contributed by atoms with Crippen LogP contribution >= 0.6 is 0 Å². The lowest BCUT2D eigenvalue weighted by molar-refractivity contribution is -0.125. The van der Waals surface area contributed by atoms with Crippen LogP contribution in [0.4, 0.5) is 0 Å². The van der Waals surface area contributed by atoms with Crippen molar-refractivity contribution in [2.24, 2.45) is 5.41 Å². The van der Waals surface area contributed by atoms with Gasteiger partial charge in [0.25, 0.3) is 0 Å². The number of nitrogens with one attached hydrogen (secondary N) is 1. The van der Waals surface area contributed by atoms with E-state index in [1.54, 1.807) is 0 Å². The smallest absolute Gasteiger partial charge is 0.151 e. The van der Waals surface area contributed by atoms with E-state index in [0.717, 1.165) is 0 Å². The first-order valence-electron chi connectivity index (χ1n) is 3.66. The number of hydrogen-bond acceptors (Lipinski definition) is 2. The zero-order chi connectivity index (χ0) is 8.91. The van der Waals surface area contributed by atoms with Crippen molar-refractivity contribution < 1.29 is 4.79 Å². The van der Waals surface area contributed by atoms with Crippen LogP contribution in [-0.2, 0) is 4.79 Å². The number of carbonyl (C=O) groups excluding carboxylic acids is 1. The molecule has 0 saturated carbocycles. The summed E-state index contributed by atoms with van der Waals surface area (Å²) in [5, 5.41) is 2.86. The Labute approximate surface area is 68.4 Å². The topological polar surface area (TPSA) is 29.1 Å². The molecule has 11 heavy (non-hydrogen) atoms. The Morgan fingerprint density at radius 2 is 2.09 bits per heavy atom. The highest BCUT2D eigenvalue weighted by molar-refractivity contribution is 5.85. The molecule has 62 valence electrons. The van der Waals surface area contributed by atoms with Crippen LogP contribution in [0.15, 0.2) is 0 Å². The minimum Gasteiger partial charge on any atom is -0.299 e. The summed E-state index contributed by atoms with van der Waals surface area (Å²) in [6.07, 6.45) is 5.00. The van der Waals surface area contributed by atoms with Crippen molar-refractivity contribution in [1.82, 2.24) is 5.32 Å². The average molecular weight is 153 g/mol. The van der Waals surface area contributed by atoms with Crippen molar-refractivity contribution in [3.05, 3.63) is 0 Å². The van der Waals surface area contributed by atoms with Gasteiger partial charge in [-0.25, -0.2) is 0 Å².